The summed E-state index contributed by atoms with van der Waals surface area (Å²) in [4.78, 5) is 22.7. The number of esters is 2. The summed E-state index contributed by atoms with van der Waals surface area (Å²) in [6.07, 6.45) is 0. The van der Waals surface area contributed by atoms with Gasteiger partial charge in [0.1, 0.15) is 12.5 Å². The van der Waals surface area contributed by atoms with Crippen LogP contribution in [-0.4, -0.2) is 25.2 Å². The van der Waals surface area contributed by atoms with Gasteiger partial charge in [0.15, 0.2) is 0 Å². The van der Waals surface area contributed by atoms with Crippen LogP contribution in [0, 0.1) is 6.92 Å². The van der Waals surface area contributed by atoms with Crippen molar-refractivity contribution < 1.29 is 19.1 Å². The number of ether oxygens (including phenoxy) is 2. The predicted molar refractivity (Wildman–Crippen MR) is 67.2 cm³/mol. The van der Waals surface area contributed by atoms with E-state index in [0.29, 0.717) is 6.61 Å². The van der Waals surface area contributed by atoms with E-state index < -0.39 is 11.9 Å². The Hall–Kier alpha value is -1.84. The van der Waals surface area contributed by atoms with Gasteiger partial charge in [0.2, 0.25) is 0 Å². The molecule has 0 aliphatic rings. The topological polar surface area (TPSA) is 52.6 Å². The van der Waals surface area contributed by atoms with E-state index in [9.17, 15) is 9.59 Å². The van der Waals surface area contributed by atoms with Gasteiger partial charge in [-0.05, 0) is 19.4 Å². The molecule has 0 aliphatic heterocycles. The van der Waals surface area contributed by atoms with Gasteiger partial charge in [-0.3, -0.25) is 9.59 Å². The van der Waals surface area contributed by atoms with E-state index in [4.69, 9.17) is 9.47 Å². The molecule has 18 heavy (non-hydrogen) atoms. The molecule has 4 nitrogen and oxygen atoms in total. The first-order valence-electron chi connectivity index (χ1n) is 5.91. The summed E-state index contributed by atoms with van der Waals surface area (Å²) >= 11 is 0. The standard InChI is InChI=1S/C14H18O4/c1-4-17-14(16)13(9-18-11(3)15)12-7-5-10(2)6-8-12/h5-8,13H,4,9H2,1-3H3/t13-/m1/s1. The van der Waals surface area contributed by atoms with Gasteiger partial charge in [0.05, 0.1) is 6.61 Å². The Kier molecular flexibility index (Phi) is 5.36. The lowest BCUT2D eigenvalue weighted by molar-refractivity contribution is -0.150. The third-order valence-electron chi connectivity index (χ3n) is 2.50. The zero-order chi connectivity index (χ0) is 13.5. The highest BCUT2D eigenvalue weighted by Crippen LogP contribution is 2.19. The summed E-state index contributed by atoms with van der Waals surface area (Å²) in [6.45, 7) is 5.35. The van der Waals surface area contributed by atoms with Crippen molar-refractivity contribution in [2.75, 3.05) is 13.2 Å². The van der Waals surface area contributed by atoms with E-state index in [0.717, 1.165) is 11.1 Å². The van der Waals surface area contributed by atoms with Crippen LogP contribution in [0.3, 0.4) is 0 Å². The molecule has 0 saturated carbocycles. The highest BCUT2D eigenvalue weighted by atomic mass is 16.5. The Morgan fingerprint density at radius 2 is 1.78 bits per heavy atom. The summed E-state index contributed by atoms with van der Waals surface area (Å²) in [6, 6.07) is 7.52. The third-order valence-corrected chi connectivity index (χ3v) is 2.50. The first kappa shape index (κ1) is 14.2. The summed E-state index contributed by atoms with van der Waals surface area (Å²) in [5, 5.41) is 0. The van der Waals surface area contributed by atoms with E-state index in [1.807, 2.05) is 31.2 Å². The maximum absolute atomic E-state index is 11.8. The van der Waals surface area contributed by atoms with Crippen LogP contribution < -0.4 is 0 Å². The quantitative estimate of drug-likeness (QED) is 0.752. The maximum atomic E-state index is 11.8. The van der Waals surface area contributed by atoms with E-state index in [-0.39, 0.29) is 12.6 Å². The fraction of sp³-hybridized carbons (Fsp3) is 0.429. The highest BCUT2D eigenvalue weighted by Gasteiger charge is 2.23. The summed E-state index contributed by atoms with van der Waals surface area (Å²) in [5.41, 5.74) is 1.90. The molecule has 0 spiro atoms. The molecule has 0 radical (unpaired) electrons. The molecule has 1 rings (SSSR count). The molecule has 1 atom stereocenters. The molecule has 0 N–H and O–H groups in total. The van der Waals surface area contributed by atoms with E-state index in [2.05, 4.69) is 0 Å². The number of rotatable bonds is 5. The van der Waals surface area contributed by atoms with Gasteiger partial charge in [-0.25, -0.2) is 0 Å². The number of carbonyl (C=O) groups is 2. The van der Waals surface area contributed by atoms with Crippen molar-refractivity contribution in [1.82, 2.24) is 0 Å². The summed E-state index contributed by atoms with van der Waals surface area (Å²) in [7, 11) is 0. The van der Waals surface area contributed by atoms with E-state index in [1.165, 1.54) is 6.92 Å². The predicted octanol–water partition coefficient (Wildman–Crippen LogP) is 2.20. The number of carbonyl (C=O) groups excluding carboxylic acids is 2. The Bertz CT molecular complexity index is 408. The minimum atomic E-state index is -0.561. The number of benzene rings is 1. The lowest BCUT2D eigenvalue weighted by atomic mass is 9.99. The van der Waals surface area contributed by atoms with E-state index >= 15 is 0 Å². The van der Waals surface area contributed by atoms with E-state index in [1.54, 1.807) is 6.92 Å². The first-order valence-corrected chi connectivity index (χ1v) is 5.91. The van der Waals surface area contributed by atoms with Crippen molar-refractivity contribution in [2.24, 2.45) is 0 Å². The highest BCUT2D eigenvalue weighted by molar-refractivity contribution is 5.79. The van der Waals surface area contributed by atoms with Gasteiger partial charge in [0.25, 0.3) is 0 Å². The second-order valence-corrected chi connectivity index (χ2v) is 4.02. The van der Waals surface area contributed by atoms with Crippen LogP contribution in [0.1, 0.15) is 30.9 Å². The molecule has 0 aromatic heterocycles. The first-order chi connectivity index (χ1) is 8.54. The maximum Gasteiger partial charge on any atom is 0.316 e. The fourth-order valence-electron chi connectivity index (χ4n) is 1.54. The van der Waals surface area contributed by atoms with Crippen LogP contribution in [0.15, 0.2) is 24.3 Å². The lowest BCUT2D eigenvalue weighted by Crippen LogP contribution is -2.22. The smallest absolute Gasteiger partial charge is 0.316 e. The van der Waals surface area contributed by atoms with Gasteiger partial charge in [-0.1, -0.05) is 29.8 Å². The molecule has 1 aromatic carbocycles. The molecule has 0 saturated heterocycles. The van der Waals surface area contributed by atoms with Gasteiger partial charge < -0.3 is 9.47 Å². The molecule has 1 aromatic rings. The Balaban J connectivity index is 2.85. The van der Waals surface area contributed by atoms with Crippen molar-refractivity contribution in [3.05, 3.63) is 35.4 Å². The monoisotopic (exact) mass is 250 g/mol. The third kappa shape index (κ3) is 4.20. The normalized spacial score (nSPS) is 11.7. The van der Waals surface area contributed by atoms with Gasteiger partial charge >= 0.3 is 11.9 Å². The van der Waals surface area contributed by atoms with Crippen molar-refractivity contribution in [1.29, 1.82) is 0 Å². The van der Waals surface area contributed by atoms with Crippen LogP contribution in [0.4, 0.5) is 0 Å². The second-order valence-electron chi connectivity index (χ2n) is 4.02. The van der Waals surface area contributed by atoms with Crippen LogP contribution in [0.5, 0.6) is 0 Å². The Labute approximate surface area is 107 Å². The SMILES string of the molecule is CCOC(=O)[C@H](COC(C)=O)c1ccc(C)cc1. The van der Waals surface area contributed by atoms with Gasteiger partial charge in [0, 0.05) is 6.92 Å². The second kappa shape index (κ2) is 6.79. The van der Waals surface area contributed by atoms with Crippen molar-refractivity contribution in [2.45, 2.75) is 26.7 Å². The molecule has 0 heterocycles. The summed E-state index contributed by atoms with van der Waals surface area (Å²) < 4.78 is 9.91. The molecule has 0 fully saturated rings. The number of aryl methyl sites for hydroxylation is 1. The molecule has 0 bridgehead atoms. The van der Waals surface area contributed by atoms with Gasteiger partial charge in [-0.15, -0.1) is 0 Å². The molecular formula is C14H18O4. The molecule has 4 heteroatoms. The zero-order valence-corrected chi connectivity index (χ0v) is 10.9. The number of hydrogen-bond acceptors (Lipinski definition) is 4. The Morgan fingerprint density at radius 1 is 1.17 bits per heavy atom. The fourth-order valence-corrected chi connectivity index (χ4v) is 1.54. The number of hydrogen-bond donors (Lipinski definition) is 0. The van der Waals surface area contributed by atoms with Gasteiger partial charge in [-0.2, -0.15) is 0 Å². The largest absolute Gasteiger partial charge is 0.465 e. The lowest BCUT2D eigenvalue weighted by Gasteiger charge is -2.15. The van der Waals surface area contributed by atoms with Crippen LogP contribution >= 0.6 is 0 Å². The average molecular weight is 250 g/mol. The molecule has 98 valence electrons. The van der Waals surface area contributed by atoms with Crippen molar-refractivity contribution in [3.63, 3.8) is 0 Å². The van der Waals surface area contributed by atoms with Crippen molar-refractivity contribution >= 4 is 11.9 Å². The molecule has 0 aliphatic carbocycles. The van der Waals surface area contributed by atoms with Crippen LogP contribution in [0.2, 0.25) is 0 Å². The molecule has 0 unspecified atom stereocenters. The molecular weight excluding hydrogens is 232 g/mol. The van der Waals surface area contributed by atoms with Crippen LogP contribution in [0.25, 0.3) is 0 Å². The van der Waals surface area contributed by atoms with Crippen LogP contribution in [-0.2, 0) is 19.1 Å². The minimum Gasteiger partial charge on any atom is -0.465 e. The average Bonchev–Trinajstić information content (AvgIpc) is 2.31. The van der Waals surface area contributed by atoms with Crippen molar-refractivity contribution in [3.8, 4) is 0 Å². The summed E-state index contributed by atoms with van der Waals surface area (Å²) in [5.74, 6) is -1.34. The molecule has 0 amide bonds. The minimum absolute atomic E-state index is 0.0111. The Morgan fingerprint density at radius 3 is 2.28 bits per heavy atom. The zero-order valence-electron chi connectivity index (χ0n) is 10.9.